The third-order valence-corrected chi connectivity index (χ3v) is 6.17. The lowest BCUT2D eigenvalue weighted by molar-refractivity contribution is -0.121. The van der Waals surface area contributed by atoms with E-state index >= 15 is 0 Å². The molecule has 0 saturated heterocycles. The van der Waals surface area contributed by atoms with Gasteiger partial charge in [-0.15, -0.1) is 0 Å². The fourth-order valence-electron chi connectivity index (χ4n) is 4.29. The topological polar surface area (TPSA) is 104 Å². The Morgan fingerprint density at radius 3 is 2.57 bits per heavy atom. The lowest BCUT2D eigenvalue weighted by Gasteiger charge is -2.21. The molecule has 37 heavy (non-hydrogen) atoms. The number of aromatic amines is 2. The van der Waals surface area contributed by atoms with Crippen LogP contribution in [0.5, 0.6) is 0 Å². The van der Waals surface area contributed by atoms with Crippen molar-refractivity contribution in [2.24, 2.45) is 0 Å². The van der Waals surface area contributed by atoms with E-state index in [0.717, 1.165) is 11.6 Å². The highest BCUT2D eigenvalue weighted by Gasteiger charge is 2.22. The largest absolute Gasteiger partial charge is 0.360 e. The Bertz CT molecular complexity index is 1630. The van der Waals surface area contributed by atoms with Crippen LogP contribution >= 0.6 is 11.6 Å². The molecule has 2 aromatic carbocycles. The number of benzene rings is 2. The third kappa shape index (κ3) is 5.57. The van der Waals surface area contributed by atoms with Gasteiger partial charge in [-0.25, -0.2) is 18.7 Å². The molecule has 5 rings (SSSR count). The van der Waals surface area contributed by atoms with Crippen LogP contribution in [0, 0.1) is 11.6 Å². The molecule has 0 saturated carbocycles. The quantitative estimate of drug-likeness (QED) is 0.285. The van der Waals surface area contributed by atoms with Crippen LogP contribution in [0.1, 0.15) is 22.9 Å². The number of nitrogens with one attached hydrogen (secondary N) is 3. The minimum Gasteiger partial charge on any atom is -0.360 e. The minimum atomic E-state index is -0.744. The van der Waals surface area contributed by atoms with E-state index in [1.54, 1.807) is 42.7 Å². The zero-order valence-corrected chi connectivity index (χ0v) is 20.0. The van der Waals surface area contributed by atoms with Crippen molar-refractivity contribution < 1.29 is 13.6 Å². The molecule has 0 bridgehead atoms. The molecule has 3 heterocycles. The first kappa shape index (κ1) is 24.3. The molecular formula is C27H20ClF2N5O2. The first-order valence-electron chi connectivity index (χ1n) is 11.3. The molecule has 186 valence electrons. The second kappa shape index (κ2) is 10.3. The summed E-state index contributed by atoms with van der Waals surface area (Å²) in [5.74, 6) is -1.81. The zero-order valence-electron chi connectivity index (χ0n) is 19.3. The summed E-state index contributed by atoms with van der Waals surface area (Å²) in [6, 6.07) is 12.6. The first-order valence-corrected chi connectivity index (χ1v) is 11.7. The van der Waals surface area contributed by atoms with Gasteiger partial charge in [0.2, 0.25) is 11.5 Å². The summed E-state index contributed by atoms with van der Waals surface area (Å²) in [6.45, 7) is 0. The Labute approximate surface area is 214 Å². The van der Waals surface area contributed by atoms with E-state index in [2.05, 4.69) is 25.3 Å². The van der Waals surface area contributed by atoms with E-state index in [4.69, 9.17) is 11.6 Å². The van der Waals surface area contributed by atoms with E-state index in [9.17, 15) is 18.4 Å². The number of nitrogens with zero attached hydrogens (tertiary/aromatic N) is 2. The van der Waals surface area contributed by atoms with Crippen LogP contribution in [-0.4, -0.2) is 25.8 Å². The third-order valence-electron chi connectivity index (χ3n) is 5.92. The maximum absolute atomic E-state index is 14.0. The van der Waals surface area contributed by atoms with Gasteiger partial charge in [0.25, 0.3) is 0 Å². The molecule has 0 spiro atoms. The lowest BCUT2D eigenvalue weighted by Crippen LogP contribution is -2.32. The lowest BCUT2D eigenvalue weighted by atomic mass is 9.96. The van der Waals surface area contributed by atoms with Gasteiger partial charge in [0.15, 0.2) is 0 Å². The van der Waals surface area contributed by atoms with Crippen molar-refractivity contribution >= 4 is 28.5 Å². The SMILES string of the molecule is O=C(Cc1c[nH]c2ccc(=O)[nH]c12)NC(Cc1cc(F)cc(F)c1)c1ncncc1-c1ccc(Cl)cc1. The number of pyridine rings is 1. The van der Waals surface area contributed by atoms with Gasteiger partial charge in [-0.3, -0.25) is 9.59 Å². The van der Waals surface area contributed by atoms with Gasteiger partial charge in [0.1, 0.15) is 18.0 Å². The molecule has 1 atom stereocenters. The highest BCUT2D eigenvalue weighted by molar-refractivity contribution is 6.30. The van der Waals surface area contributed by atoms with Gasteiger partial charge in [-0.1, -0.05) is 23.7 Å². The van der Waals surface area contributed by atoms with Crippen molar-refractivity contribution in [1.82, 2.24) is 25.3 Å². The molecule has 3 N–H and O–H groups in total. The zero-order chi connectivity index (χ0) is 25.9. The standard InChI is InChI=1S/C27H20ClF2N5O2/c28-18-3-1-16(2-4-18)21-13-31-14-33-27(21)23(9-15-7-19(29)11-20(30)8-15)34-25(37)10-17-12-32-22-5-6-24(36)35-26(17)22/h1-8,11-14,23,32H,9-10H2,(H,34,37)(H,35,36). The average molecular weight is 520 g/mol. The van der Waals surface area contributed by atoms with E-state index in [0.29, 0.717) is 38.4 Å². The Morgan fingerprint density at radius 1 is 1.05 bits per heavy atom. The fraction of sp³-hybridized carbons (Fsp3) is 0.111. The Balaban J connectivity index is 1.50. The Morgan fingerprint density at radius 2 is 1.81 bits per heavy atom. The predicted molar refractivity (Wildman–Crippen MR) is 136 cm³/mol. The predicted octanol–water partition coefficient (Wildman–Crippen LogP) is 4.89. The van der Waals surface area contributed by atoms with Crippen LogP contribution in [0.2, 0.25) is 5.02 Å². The van der Waals surface area contributed by atoms with Crippen LogP contribution in [0.3, 0.4) is 0 Å². The van der Waals surface area contributed by atoms with Gasteiger partial charge in [0.05, 0.1) is 29.2 Å². The molecule has 5 aromatic rings. The van der Waals surface area contributed by atoms with Gasteiger partial charge in [-0.05, 0) is 47.9 Å². The van der Waals surface area contributed by atoms with E-state index < -0.39 is 17.7 Å². The van der Waals surface area contributed by atoms with E-state index in [-0.39, 0.29) is 24.3 Å². The van der Waals surface area contributed by atoms with Crippen LogP contribution in [0.15, 0.2) is 78.1 Å². The van der Waals surface area contributed by atoms with Crippen molar-refractivity contribution in [3.8, 4) is 11.1 Å². The van der Waals surface area contributed by atoms with Crippen molar-refractivity contribution in [2.45, 2.75) is 18.9 Å². The minimum absolute atomic E-state index is 0.0463. The molecular weight excluding hydrogens is 500 g/mol. The molecule has 10 heteroatoms. The van der Waals surface area contributed by atoms with Crippen LogP contribution < -0.4 is 10.9 Å². The molecule has 1 amide bonds. The number of carbonyl (C=O) groups is 1. The van der Waals surface area contributed by atoms with Crippen LogP contribution in [0.4, 0.5) is 8.78 Å². The molecule has 1 unspecified atom stereocenters. The summed E-state index contributed by atoms with van der Waals surface area (Å²) in [5.41, 5.74) is 3.76. The number of H-pyrrole nitrogens is 2. The Kier molecular flexibility index (Phi) is 6.78. The average Bonchev–Trinajstić information content (AvgIpc) is 3.25. The second-order valence-corrected chi connectivity index (χ2v) is 8.97. The highest BCUT2D eigenvalue weighted by Crippen LogP contribution is 2.29. The van der Waals surface area contributed by atoms with Crippen molar-refractivity contribution in [1.29, 1.82) is 0 Å². The van der Waals surface area contributed by atoms with Crippen molar-refractivity contribution in [3.05, 3.63) is 117 Å². The molecule has 0 aliphatic rings. The second-order valence-electron chi connectivity index (χ2n) is 8.53. The number of hydrogen-bond donors (Lipinski definition) is 3. The normalized spacial score (nSPS) is 12.0. The highest BCUT2D eigenvalue weighted by atomic mass is 35.5. The van der Waals surface area contributed by atoms with Crippen LogP contribution in [0.25, 0.3) is 22.2 Å². The number of halogens is 3. The van der Waals surface area contributed by atoms with Gasteiger partial charge in [-0.2, -0.15) is 0 Å². The van der Waals surface area contributed by atoms with Gasteiger partial charge in [0, 0.05) is 40.7 Å². The number of fused-ring (bicyclic) bond motifs is 1. The molecule has 0 aliphatic carbocycles. The van der Waals surface area contributed by atoms with Gasteiger partial charge >= 0.3 is 0 Å². The Hall–Kier alpha value is -4.37. The number of amides is 1. The summed E-state index contributed by atoms with van der Waals surface area (Å²) < 4.78 is 27.9. The van der Waals surface area contributed by atoms with E-state index in [1.807, 2.05) is 0 Å². The first-order chi connectivity index (χ1) is 17.9. The number of rotatable bonds is 7. The fourth-order valence-corrected chi connectivity index (χ4v) is 4.42. The number of aromatic nitrogens is 4. The van der Waals surface area contributed by atoms with Gasteiger partial charge < -0.3 is 15.3 Å². The summed E-state index contributed by atoms with van der Waals surface area (Å²) >= 11 is 6.04. The summed E-state index contributed by atoms with van der Waals surface area (Å²) in [5, 5.41) is 3.51. The molecule has 0 fully saturated rings. The summed E-state index contributed by atoms with van der Waals surface area (Å²) in [6.07, 6.45) is 4.64. The summed E-state index contributed by atoms with van der Waals surface area (Å²) in [4.78, 5) is 39.3. The van der Waals surface area contributed by atoms with Crippen molar-refractivity contribution in [2.75, 3.05) is 0 Å². The maximum Gasteiger partial charge on any atom is 0.248 e. The van der Waals surface area contributed by atoms with E-state index in [1.165, 1.54) is 24.5 Å². The number of hydrogen-bond acceptors (Lipinski definition) is 4. The summed E-state index contributed by atoms with van der Waals surface area (Å²) in [7, 11) is 0. The van der Waals surface area contributed by atoms with Crippen molar-refractivity contribution in [3.63, 3.8) is 0 Å². The smallest absolute Gasteiger partial charge is 0.248 e. The maximum atomic E-state index is 14.0. The molecule has 0 aliphatic heterocycles. The molecule has 3 aromatic heterocycles. The molecule has 0 radical (unpaired) electrons. The number of carbonyl (C=O) groups excluding carboxylic acids is 1. The van der Waals surface area contributed by atoms with Crippen LogP contribution in [-0.2, 0) is 17.6 Å². The molecule has 7 nitrogen and oxygen atoms in total. The monoisotopic (exact) mass is 519 g/mol.